The van der Waals surface area contributed by atoms with Crippen molar-refractivity contribution in [3.8, 4) is 44.8 Å². The average Bonchev–Trinajstić information content (AvgIpc) is 3.70. The van der Waals surface area contributed by atoms with Crippen LogP contribution >= 0.6 is 0 Å². The topological polar surface area (TPSA) is 9.86 Å². The average molecular weight is 641 g/mol. The maximum absolute atomic E-state index is 2.42. The lowest BCUT2D eigenvalue weighted by atomic mass is 9.99. The highest BCUT2D eigenvalue weighted by atomic mass is 15.0. The highest BCUT2D eigenvalue weighted by Gasteiger charge is 2.16. The van der Waals surface area contributed by atoms with Crippen LogP contribution in [0.4, 0.5) is 0 Å². The monoisotopic (exact) mass is 640 g/mol. The Hall–Kier alpha value is -6.38. The standard InChI is InChI=1S/C48H36N2/c1-3-41-42-31-37(24-27-46(42)49(45(41)4-2)39-20-12-7-13-21-39)38-25-28-48-44(32-38)43-30-36(34-17-10-6-11-18-34)23-26-47(43)50(48)40-22-14-19-35(29-40)33-15-8-5-9-16-33/h3-32H,1-2H3/b41-3-,45-4+. The Morgan fingerprint density at radius 2 is 0.780 bits per heavy atom. The molecule has 0 fully saturated rings. The minimum atomic E-state index is 1.15. The van der Waals surface area contributed by atoms with Gasteiger partial charge in [0.25, 0.3) is 0 Å². The first kappa shape index (κ1) is 29.7. The third-order valence-corrected chi connectivity index (χ3v) is 10.0. The van der Waals surface area contributed by atoms with Crippen LogP contribution in [0.3, 0.4) is 0 Å². The van der Waals surface area contributed by atoms with Crippen LogP contribution in [0.2, 0.25) is 0 Å². The lowest BCUT2D eigenvalue weighted by Crippen LogP contribution is -2.27. The maximum atomic E-state index is 2.42. The number of hydrogen-bond donors (Lipinski definition) is 0. The van der Waals surface area contributed by atoms with Gasteiger partial charge in [-0.05, 0) is 108 Å². The second-order valence-corrected chi connectivity index (χ2v) is 12.9. The molecule has 0 saturated heterocycles. The van der Waals surface area contributed by atoms with Crippen molar-refractivity contribution in [2.24, 2.45) is 0 Å². The highest BCUT2D eigenvalue weighted by molar-refractivity contribution is 6.12. The molecule has 0 N–H and O–H groups in total. The molecule has 0 atom stereocenters. The summed E-state index contributed by atoms with van der Waals surface area (Å²) in [6.07, 6.45) is 4.46. The molecular formula is C48H36N2. The van der Waals surface area contributed by atoms with Crippen molar-refractivity contribution in [2.45, 2.75) is 13.8 Å². The van der Waals surface area contributed by atoms with Gasteiger partial charge in [0.15, 0.2) is 0 Å². The van der Waals surface area contributed by atoms with Crippen molar-refractivity contribution < 1.29 is 0 Å². The summed E-state index contributed by atoms with van der Waals surface area (Å²) in [6.45, 7) is 4.27. The second-order valence-electron chi connectivity index (χ2n) is 12.9. The van der Waals surface area contributed by atoms with Crippen LogP contribution in [0.15, 0.2) is 170 Å². The third kappa shape index (κ3) is 4.88. The summed E-state index contributed by atoms with van der Waals surface area (Å²) in [5, 5.41) is 6.23. The van der Waals surface area contributed by atoms with Crippen molar-refractivity contribution in [1.29, 1.82) is 0 Å². The Kier molecular flexibility index (Phi) is 7.29. The quantitative estimate of drug-likeness (QED) is 0.177. The van der Waals surface area contributed by atoms with Crippen LogP contribution in [-0.2, 0) is 0 Å². The Bertz CT molecular complexity index is 2800. The highest BCUT2D eigenvalue weighted by Crippen LogP contribution is 2.38. The molecular weight excluding hydrogens is 605 g/mol. The van der Waals surface area contributed by atoms with E-state index in [0.29, 0.717) is 0 Å². The normalized spacial score (nSPS) is 12.4. The lowest BCUT2D eigenvalue weighted by Gasteiger charge is -2.11. The molecule has 2 aromatic heterocycles. The van der Waals surface area contributed by atoms with E-state index in [-0.39, 0.29) is 0 Å². The molecule has 2 heteroatoms. The van der Waals surface area contributed by atoms with Crippen LogP contribution in [0.25, 0.3) is 89.6 Å². The Balaban J connectivity index is 1.27. The first-order valence-corrected chi connectivity index (χ1v) is 17.3. The molecule has 0 spiro atoms. The SMILES string of the molecule is C/C=c1\c(=C/C)n(-c2ccccc2)c2ccc(-c3ccc4c(c3)c3cc(-c5ccccc5)ccc3n4-c3cccc(-c4ccccc4)c3)cc12. The van der Waals surface area contributed by atoms with E-state index >= 15 is 0 Å². The number of para-hydroxylation sites is 1. The predicted octanol–water partition coefficient (Wildman–Crippen LogP) is 11.3. The summed E-state index contributed by atoms with van der Waals surface area (Å²) in [5.41, 5.74) is 13.2. The Morgan fingerprint density at radius 1 is 0.340 bits per heavy atom. The molecule has 0 unspecified atom stereocenters. The van der Waals surface area contributed by atoms with Gasteiger partial charge in [-0.25, -0.2) is 0 Å². The molecule has 0 amide bonds. The number of nitrogens with zero attached hydrogens (tertiary/aromatic N) is 2. The van der Waals surface area contributed by atoms with Gasteiger partial charge in [-0.2, -0.15) is 0 Å². The maximum Gasteiger partial charge on any atom is 0.0541 e. The van der Waals surface area contributed by atoms with E-state index in [1.54, 1.807) is 0 Å². The summed E-state index contributed by atoms with van der Waals surface area (Å²) < 4.78 is 4.80. The van der Waals surface area contributed by atoms with Crippen LogP contribution in [-0.4, -0.2) is 9.13 Å². The minimum Gasteiger partial charge on any atom is -0.310 e. The second kappa shape index (κ2) is 12.3. The van der Waals surface area contributed by atoms with Crippen LogP contribution in [0.5, 0.6) is 0 Å². The molecule has 9 aromatic rings. The molecule has 9 rings (SSSR count). The number of rotatable bonds is 5. The van der Waals surface area contributed by atoms with E-state index < -0.39 is 0 Å². The van der Waals surface area contributed by atoms with Crippen molar-refractivity contribution in [3.63, 3.8) is 0 Å². The number of fused-ring (bicyclic) bond motifs is 4. The van der Waals surface area contributed by atoms with E-state index in [1.807, 2.05) is 0 Å². The number of benzene rings is 7. The van der Waals surface area contributed by atoms with Crippen LogP contribution in [0, 0.1) is 0 Å². The molecule has 7 aromatic carbocycles. The minimum absolute atomic E-state index is 1.15. The molecule has 0 aliphatic heterocycles. The zero-order valence-electron chi connectivity index (χ0n) is 28.2. The molecule has 0 saturated carbocycles. The molecule has 0 aliphatic rings. The summed E-state index contributed by atoms with van der Waals surface area (Å²) in [7, 11) is 0. The van der Waals surface area contributed by atoms with Gasteiger partial charge >= 0.3 is 0 Å². The first-order chi connectivity index (χ1) is 24.7. The van der Waals surface area contributed by atoms with Crippen molar-refractivity contribution in [3.05, 3.63) is 180 Å². The van der Waals surface area contributed by atoms with Crippen molar-refractivity contribution in [2.75, 3.05) is 0 Å². The van der Waals surface area contributed by atoms with Gasteiger partial charge in [0.1, 0.15) is 0 Å². The van der Waals surface area contributed by atoms with Gasteiger partial charge in [-0.15, -0.1) is 0 Å². The van der Waals surface area contributed by atoms with Crippen molar-refractivity contribution in [1.82, 2.24) is 9.13 Å². The van der Waals surface area contributed by atoms with Gasteiger partial charge in [0.05, 0.1) is 16.6 Å². The van der Waals surface area contributed by atoms with Gasteiger partial charge in [-0.1, -0.05) is 121 Å². The van der Waals surface area contributed by atoms with E-state index in [1.165, 1.54) is 82.3 Å². The zero-order chi connectivity index (χ0) is 33.6. The molecule has 0 aliphatic carbocycles. The Morgan fingerprint density at radius 3 is 1.32 bits per heavy atom. The Labute approximate surface area is 292 Å². The molecule has 0 radical (unpaired) electrons. The van der Waals surface area contributed by atoms with Crippen LogP contribution in [0.1, 0.15) is 13.8 Å². The van der Waals surface area contributed by atoms with Gasteiger partial charge in [0, 0.05) is 38.1 Å². The summed E-state index contributed by atoms with van der Waals surface area (Å²) in [6, 6.07) is 61.7. The van der Waals surface area contributed by atoms with Gasteiger partial charge < -0.3 is 9.13 Å². The number of hydrogen-bond acceptors (Lipinski definition) is 0. The number of aromatic nitrogens is 2. The fourth-order valence-corrected chi connectivity index (χ4v) is 7.70. The smallest absolute Gasteiger partial charge is 0.0541 e. The molecule has 0 bridgehead atoms. The van der Waals surface area contributed by atoms with E-state index in [9.17, 15) is 0 Å². The largest absolute Gasteiger partial charge is 0.310 e. The summed E-state index contributed by atoms with van der Waals surface area (Å²) >= 11 is 0. The van der Waals surface area contributed by atoms with E-state index in [4.69, 9.17) is 0 Å². The summed E-state index contributed by atoms with van der Waals surface area (Å²) in [4.78, 5) is 0. The fraction of sp³-hybridized carbons (Fsp3) is 0.0417. The molecule has 50 heavy (non-hydrogen) atoms. The fourth-order valence-electron chi connectivity index (χ4n) is 7.70. The lowest BCUT2D eigenvalue weighted by molar-refractivity contribution is 1.07. The van der Waals surface area contributed by atoms with Crippen molar-refractivity contribution >= 4 is 44.9 Å². The van der Waals surface area contributed by atoms with Gasteiger partial charge in [-0.3, -0.25) is 0 Å². The third-order valence-electron chi connectivity index (χ3n) is 10.0. The predicted molar refractivity (Wildman–Crippen MR) is 213 cm³/mol. The first-order valence-electron chi connectivity index (χ1n) is 17.3. The van der Waals surface area contributed by atoms with Crippen LogP contribution < -0.4 is 10.6 Å². The molecule has 238 valence electrons. The van der Waals surface area contributed by atoms with E-state index in [2.05, 4.69) is 205 Å². The molecule has 2 heterocycles. The van der Waals surface area contributed by atoms with Gasteiger partial charge in [0.2, 0.25) is 0 Å². The summed E-state index contributed by atoms with van der Waals surface area (Å²) in [5.74, 6) is 0. The molecule has 2 nitrogen and oxygen atoms in total. The zero-order valence-corrected chi connectivity index (χ0v) is 28.2. The van der Waals surface area contributed by atoms with E-state index in [0.717, 1.165) is 5.69 Å².